The van der Waals surface area contributed by atoms with Crippen LogP contribution in [0.2, 0.25) is 0 Å². The van der Waals surface area contributed by atoms with Gasteiger partial charge in [-0.1, -0.05) is 36.3 Å². The molecule has 1 aliphatic rings. The van der Waals surface area contributed by atoms with E-state index in [1.165, 1.54) is 25.7 Å². The maximum atomic E-state index is 11.0. The molecule has 5 nitrogen and oxygen atoms in total. The average molecular weight is 425 g/mol. The lowest BCUT2D eigenvalue weighted by molar-refractivity contribution is -0.136. The maximum Gasteiger partial charge on any atom is 0.303 e. The molecule has 158 valence electrons. The van der Waals surface area contributed by atoms with E-state index in [0.717, 1.165) is 44.4 Å². The van der Waals surface area contributed by atoms with Crippen LogP contribution in [0, 0.1) is 5.92 Å². The third kappa shape index (κ3) is 4.75. The fourth-order valence-electron chi connectivity index (χ4n) is 3.99. The fourth-order valence-corrected chi connectivity index (χ4v) is 4.92. The summed E-state index contributed by atoms with van der Waals surface area (Å²) in [5.41, 5.74) is 4.11. The Balaban J connectivity index is 1.67. The Labute approximate surface area is 181 Å². The second-order valence-electron chi connectivity index (χ2n) is 8.26. The lowest BCUT2D eigenvalue weighted by Crippen LogP contribution is -2.09. The molecule has 4 rings (SSSR count). The third-order valence-electron chi connectivity index (χ3n) is 5.69. The van der Waals surface area contributed by atoms with E-state index in [9.17, 15) is 4.79 Å². The van der Waals surface area contributed by atoms with E-state index in [0.29, 0.717) is 12.3 Å². The van der Waals surface area contributed by atoms with Gasteiger partial charge in [-0.3, -0.25) is 4.79 Å². The summed E-state index contributed by atoms with van der Waals surface area (Å²) in [7, 11) is 4.00. The number of aromatic nitrogens is 1. The highest BCUT2D eigenvalue weighted by Gasteiger charge is 2.17. The molecule has 0 unspecified atom stereocenters. The lowest BCUT2D eigenvalue weighted by atomic mass is 9.99. The van der Waals surface area contributed by atoms with E-state index in [4.69, 9.17) is 9.84 Å². The molecule has 1 heterocycles. The first-order chi connectivity index (χ1) is 14.5. The van der Waals surface area contributed by atoms with Crippen molar-refractivity contribution in [2.45, 2.75) is 38.5 Å². The van der Waals surface area contributed by atoms with Crippen LogP contribution in [-0.2, 0) is 11.2 Å². The fraction of sp³-hybridized carbons (Fsp3) is 0.417. The number of nitrogens with zero attached hydrogens (tertiary/aromatic N) is 2. The maximum absolute atomic E-state index is 11.0. The molecule has 1 aliphatic carbocycles. The number of aryl methyl sites for hydroxylation is 1. The molecule has 30 heavy (non-hydrogen) atoms. The molecular weight excluding hydrogens is 396 g/mol. The van der Waals surface area contributed by atoms with Gasteiger partial charge in [0.25, 0.3) is 0 Å². The van der Waals surface area contributed by atoms with Crippen LogP contribution in [0.3, 0.4) is 0 Å². The number of aliphatic carboxylic acids is 1. The van der Waals surface area contributed by atoms with Gasteiger partial charge >= 0.3 is 5.97 Å². The average Bonchev–Trinajstić information content (AvgIpc) is 3.40. The lowest BCUT2D eigenvalue weighted by Gasteiger charge is -2.16. The molecule has 2 aromatic carbocycles. The van der Waals surface area contributed by atoms with Crippen molar-refractivity contribution in [1.29, 1.82) is 0 Å². The number of carboxylic acids is 1. The summed E-state index contributed by atoms with van der Waals surface area (Å²) in [6.45, 7) is 0.745. The summed E-state index contributed by atoms with van der Waals surface area (Å²) < 4.78 is 7.41. The van der Waals surface area contributed by atoms with E-state index < -0.39 is 5.97 Å². The molecule has 1 fully saturated rings. The molecule has 0 bridgehead atoms. The topological polar surface area (TPSA) is 62.7 Å². The number of benzene rings is 2. The first kappa shape index (κ1) is 20.7. The van der Waals surface area contributed by atoms with Crippen molar-refractivity contribution in [2.75, 3.05) is 25.6 Å². The predicted molar refractivity (Wildman–Crippen MR) is 123 cm³/mol. The van der Waals surface area contributed by atoms with Gasteiger partial charge in [-0.15, -0.1) is 0 Å². The molecule has 0 aliphatic heterocycles. The summed E-state index contributed by atoms with van der Waals surface area (Å²) in [6, 6.07) is 12.4. The van der Waals surface area contributed by atoms with E-state index in [-0.39, 0.29) is 6.42 Å². The van der Waals surface area contributed by atoms with Crippen LogP contribution in [-0.4, -0.2) is 36.8 Å². The number of carboxylic acid groups (broad SMARTS) is 1. The monoisotopic (exact) mass is 424 g/mol. The number of fused-ring (bicyclic) bond motifs is 1. The van der Waals surface area contributed by atoms with Crippen molar-refractivity contribution in [3.05, 3.63) is 42.0 Å². The SMILES string of the molecule is CN(C)c1nc2ccc(-c3cc(CCC(=O)O)ccc3OCC3CCCC3)cc2s1. The molecule has 1 N–H and O–H groups in total. The second kappa shape index (κ2) is 9.04. The minimum Gasteiger partial charge on any atom is -0.493 e. The standard InChI is InChI=1S/C24H28N2O3S/c1-26(2)24-25-20-10-9-18(14-22(20)30-24)19-13-16(8-12-23(27)28)7-11-21(19)29-15-17-5-3-4-6-17/h7,9-11,13-14,17H,3-6,8,12,15H2,1-2H3,(H,27,28). The molecule has 3 aromatic rings. The summed E-state index contributed by atoms with van der Waals surface area (Å²) in [4.78, 5) is 17.7. The number of anilines is 1. The van der Waals surface area contributed by atoms with Crippen LogP contribution in [0.4, 0.5) is 5.13 Å². The zero-order valence-corrected chi connectivity index (χ0v) is 18.4. The Kier molecular flexibility index (Phi) is 6.23. The van der Waals surface area contributed by atoms with Crippen LogP contribution >= 0.6 is 11.3 Å². The van der Waals surface area contributed by atoms with E-state index in [1.807, 2.05) is 31.1 Å². The Morgan fingerprint density at radius 2 is 2.00 bits per heavy atom. The van der Waals surface area contributed by atoms with Crippen LogP contribution in [0.25, 0.3) is 21.3 Å². The number of thiazole rings is 1. The van der Waals surface area contributed by atoms with Crippen molar-refractivity contribution >= 4 is 32.7 Å². The number of carbonyl (C=O) groups is 1. The number of hydrogen-bond donors (Lipinski definition) is 1. The Bertz CT molecular complexity index is 1040. The first-order valence-electron chi connectivity index (χ1n) is 10.6. The molecule has 0 saturated heterocycles. The van der Waals surface area contributed by atoms with Gasteiger partial charge < -0.3 is 14.7 Å². The number of rotatable bonds is 8. The molecular formula is C24H28N2O3S. The quantitative estimate of drug-likeness (QED) is 0.509. The van der Waals surface area contributed by atoms with Gasteiger partial charge in [0.1, 0.15) is 5.75 Å². The van der Waals surface area contributed by atoms with Gasteiger partial charge in [0.05, 0.1) is 16.8 Å². The zero-order valence-electron chi connectivity index (χ0n) is 17.6. The van der Waals surface area contributed by atoms with E-state index in [1.54, 1.807) is 11.3 Å². The van der Waals surface area contributed by atoms with Crippen molar-refractivity contribution < 1.29 is 14.6 Å². The van der Waals surface area contributed by atoms with E-state index >= 15 is 0 Å². The third-order valence-corrected chi connectivity index (χ3v) is 6.88. The molecule has 0 spiro atoms. The Hall–Kier alpha value is -2.60. The molecule has 1 saturated carbocycles. The first-order valence-corrected chi connectivity index (χ1v) is 11.4. The predicted octanol–water partition coefficient (Wildman–Crippen LogP) is 5.62. The summed E-state index contributed by atoms with van der Waals surface area (Å²) in [5.74, 6) is 0.731. The van der Waals surface area contributed by atoms with Crippen LogP contribution in [0.1, 0.15) is 37.7 Å². The van der Waals surface area contributed by atoms with Gasteiger partial charge in [-0.25, -0.2) is 4.98 Å². The summed E-state index contributed by atoms with van der Waals surface area (Å²) in [5, 5.41) is 10.0. The molecule has 0 atom stereocenters. The number of ether oxygens (including phenoxy) is 1. The van der Waals surface area contributed by atoms with Gasteiger partial charge in [0.2, 0.25) is 0 Å². The van der Waals surface area contributed by atoms with Crippen molar-refractivity contribution in [1.82, 2.24) is 4.98 Å². The molecule has 6 heteroatoms. The van der Waals surface area contributed by atoms with Crippen LogP contribution < -0.4 is 9.64 Å². The molecule has 1 aromatic heterocycles. The highest BCUT2D eigenvalue weighted by Crippen LogP contribution is 2.37. The minimum absolute atomic E-state index is 0.127. The molecule has 0 amide bonds. The van der Waals surface area contributed by atoms with Crippen LogP contribution in [0.5, 0.6) is 5.75 Å². The minimum atomic E-state index is -0.777. The van der Waals surface area contributed by atoms with Crippen LogP contribution in [0.15, 0.2) is 36.4 Å². The smallest absolute Gasteiger partial charge is 0.303 e. The van der Waals surface area contributed by atoms with Gasteiger partial charge in [-0.05, 0) is 60.6 Å². The highest BCUT2D eigenvalue weighted by atomic mass is 32.1. The zero-order chi connectivity index (χ0) is 21.1. The van der Waals surface area contributed by atoms with Crippen molar-refractivity contribution in [3.8, 4) is 16.9 Å². The van der Waals surface area contributed by atoms with Crippen molar-refractivity contribution in [2.24, 2.45) is 5.92 Å². The highest BCUT2D eigenvalue weighted by molar-refractivity contribution is 7.22. The second-order valence-corrected chi connectivity index (χ2v) is 9.27. The summed E-state index contributed by atoms with van der Waals surface area (Å²) >= 11 is 1.67. The van der Waals surface area contributed by atoms with Gasteiger partial charge in [-0.2, -0.15) is 0 Å². The number of hydrogen-bond acceptors (Lipinski definition) is 5. The van der Waals surface area contributed by atoms with Gasteiger partial charge in [0, 0.05) is 26.1 Å². The largest absolute Gasteiger partial charge is 0.493 e. The normalized spacial score (nSPS) is 14.3. The summed E-state index contributed by atoms with van der Waals surface area (Å²) in [6.07, 6.45) is 5.72. The van der Waals surface area contributed by atoms with Gasteiger partial charge in [0.15, 0.2) is 5.13 Å². The van der Waals surface area contributed by atoms with Crippen molar-refractivity contribution in [3.63, 3.8) is 0 Å². The Morgan fingerprint density at radius 3 is 2.73 bits per heavy atom. The Morgan fingerprint density at radius 1 is 1.20 bits per heavy atom. The molecule has 0 radical (unpaired) electrons. The van der Waals surface area contributed by atoms with E-state index in [2.05, 4.69) is 29.2 Å².